The number of rotatable bonds is 4. The fraction of sp³-hybridized carbons (Fsp3) is 0.421. The van der Waals surface area contributed by atoms with Gasteiger partial charge in [0.15, 0.2) is 6.33 Å². The van der Waals surface area contributed by atoms with Crippen molar-refractivity contribution in [1.82, 2.24) is 13.8 Å². The lowest BCUT2D eigenvalue weighted by atomic mass is 9.55. The Labute approximate surface area is 285 Å². The second-order valence-electron chi connectivity index (χ2n) is 15.6. The Balaban J connectivity index is 1.69. The lowest BCUT2D eigenvalue weighted by Gasteiger charge is -2.49. The van der Waals surface area contributed by atoms with Crippen molar-refractivity contribution in [3.63, 3.8) is 0 Å². The van der Waals surface area contributed by atoms with Gasteiger partial charge in [0, 0.05) is 5.02 Å². The van der Waals surface area contributed by atoms with Crippen LogP contribution in [0.3, 0.4) is 0 Å². The van der Waals surface area contributed by atoms with Gasteiger partial charge in [0.1, 0.15) is 34.1 Å². The molecule has 48 heavy (non-hydrogen) atoms. The maximum Gasteiger partial charge on any atom is 0.327 e. The van der Waals surface area contributed by atoms with Gasteiger partial charge >= 0.3 is 11.5 Å². The number of hydrogen-bond acceptors (Lipinski definition) is 6. The lowest BCUT2D eigenvalue weighted by molar-refractivity contribution is -0.597. The Morgan fingerprint density at radius 1 is 1.04 bits per heavy atom. The molecule has 4 aromatic heterocycles. The number of aromatic nitrogens is 4. The Hall–Kier alpha value is -4.37. The predicted molar refractivity (Wildman–Crippen MR) is 189 cm³/mol. The van der Waals surface area contributed by atoms with Crippen LogP contribution in [0.25, 0.3) is 33.9 Å². The molecule has 1 fully saturated rings. The van der Waals surface area contributed by atoms with Crippen molar-refractivity contribution in [2.24, 2.45) is 34.5 Å². The highest BCUT2D eigenvalue weighted by Gasteiger charge is 2.50. The smallest absolute Gasteiger partial charge is 0.327 e. The van der Waals surface area contributed by atoms with Gasteiger partial charge in [-0.1, -0.05) is 78.3 Å². The van der Waals surface area contributed by atoms with E-state index in [2.05, 4.69) is 53.5 Å². The van der Waals surface area contributed by atoms with Crippen LogP contribution in [0.5, 0.6) is 5.75 Å². The number of carbonyl (C=O) groups excluding carboxylic acids is 1. The van der Waals surface area contributed by atoms with Gasteiger partial charge in [-0.15, -0.1) is 0 Å². The molecule has 1 aromatic carbocycles. The number of imidazole rings is 1. The van der Waals surface area contributed by atoms with Gasteiger partial charge in [-0.05, 0) is 78.2 Å². The number of benzene rings is 1. The van der Waals surface area contributed by atoms with Crippen molar-refractivity contribution in [2.75, 3.05) is 5.73 Å². The van der Waals surface area contributed by atoms with Crippen LogP contribution < -0.4 is 25.8 Å². The molecule has 0 saturated heterocycles. The summed E-state index contributed by atoms with van der Waals surface area (Å²) in [5, 5.41) is 11.0. The molecule has 4 heterocycles. The highest BCUT2D eigenvalue weighted by atomic mass is 35.5. The number of halogens is 1. The summed E-state index contributed by atoms with van der Waals surface area (Å²) in [5.41, 5.74) is 7.53. The van der Waals surface area contributed by atoms with Crippen molar-refractivity contribution in [3.8, 4) is 22.7 Å². The molecule has 0 aliphatic heterocycles. The van der Waals surface area contributed by atoms with Gasteiger partial charge in [-0.25, -0.2) is 13.8 Å². The molecular formula is C38H45ClN5O4+. The van der Waals surface area contributed by atoms with E-state index < -0.39 is 11.5 Å². The van der Waals surface area contributed by atoms with Gasteiger partial charge in [0.05, 0.1) is 12.1 Å². The molecular weight excluding hydrogens is 626 g/mol. The molecule has 252 valence electrons. The molecule has 9 nitrogen and oxygen atoms in total. The first-order valence-corrected chi connectivity index (χ1v) is 16.9. The van der Waals surface area contributed by atoms with E-state index in [-0.39, 0.29) is 56.8 Å². The van der Waals surface area contributed by atoms with Crippen molar-refractivity contribution >= 4 is 40.3 Å². The van der Waals surface area contributed by atoms with E-state index in [1.54, 1.807) is 16.7 Å². The van der Waals surface area contributed by atoms with Crippen LogP contribution in [0.15, 0.2) is 66.0 Å². The first kappa shape index (κ1) is 33.5. The summed E-state index contributed by atoms with van der Waals surface area (Å²) in [6.07, 6.45) is 7.42. The Kier molecular flexibility index (Phi) is 8.35. The first-order valence-electron chi connectivity index (χ1n) is 16.5. The van der Waals surface area contributed by atoms with Gasteiger partial charge in [-0.2, -0.15) is 9.38 Å². The first-order chi connectivity index (χ1) is 22.5. The molecule has 3 N–H and O–H groups in total. The third-order valence-electron chi connectivity index (χ3n) is 10.0. The molecule has 2 atom stereocenters. The number of nitrogen functional groups attached to an aromatic ring is 1. The van der Waals surface area contributed by atoms with E-state index in [0.717, 1.165) is 18.4 Å². The van der Waals surface area contributed by atoms with Crippen LogP contribution >= 0.6 is 11.6 Å². The number of aliphatic hydroxyl groups is 1. The number of anilines is 1. The SMILES string of the molecule is C/C(O)=c1\c(N)nc2c(OC(=O)C3C(C(C)(C)C)CC(C)CC3C(C)(C)C)c(-c3ccc(Cl)cc3)c(-[n+]3cc4ccccn4c3)n2c1=O. The summed E-state index contributed by atoms with van der Waals surface area (Å²) in [5.74, 6) is -0.0944. The molecule has 5 aromatic rings. The van der Waals surface area contributed by atoms with Gasteiger partial charge in [0.2, 0.25) is 11.4 Å². The number of fused-ring (bicyclic) bond motifs is 2. The largest absolute Gasteiger partial charge is 0.512 e. The summed E-state index contributed by atoms with van der Waals surface area (Å²) in [7, 11) is 0. The second-order valence-corrected chi connectivity index (χ2v) is 16.0. The number of hydrogen-bond donors (Lipinski definition) is 2. The fourth-order valence-electron chi connectivity index (χ4n) is 7.70. The molecule has 0 bridgehead atoms. The summed E-state index contributed by atoms with van der Waals surface area (Å²) < 4.78 is 11.7. The quantitative estimate of drug-likeness (QED) is 0.160. The van der Waals surface area contributed by atoms with Crippen molar-refractivity contribution in [2.45, 2.75) is 68.2 Å². The highest BCUT2D eigenvalue weighted by Crippen LogP contribution is 2.53. The van der Waals surface area contributed by atoms with Crippen LogP contribution in [-0.2, 0) is 4.79 Å². The molecule has 0 spiro atoms. The lowest BCUT2D eigenvalue weighted by Crippen LogP contribution is -2.48. The minimum atomic E-state index is -0.584. The molecule has 0 amide bonds. The number of esters is 1. The van der Waals surface area contributed by atoms with Crippen molar-refractivity contribution in [1.29, 1.82) is 0 Å². The van der Waals surface area contributed by atoms with Gasteiger partial charge < -0.3 is 15.6 Å². The molecule has 0 radical (unpaired) electrons. The predicted octanol–water partition coefficient (Wildman–Crippen LogP) is 6.81. The Morgan fingerprint density at radius 2 is 1.67 bits per heavy atom. The number of aliphatic hydroxyl groups excluding tert-OH is 1. The van der Waals surface area contributed by atoms with E-state index >= 15 is 0 Å². The minimum Gasteiger partial charge on any atom is -0.512 e. The minimum absolute atomic E-state index is 0.0581. The van der Waals surface area contributed by atoms with E-state index in [9.17, 15) is 14.7 Å². The zero-order valence-electron chi connectivity index (χ0n) is 28.9. The standard InChI is InChI=1S/C38H44ClN5O4/c1-21-17-26(37(3,4)5)30(27(18-21)38(6,7)8)36(47)48-31-29(23-12-14-24(39)15-13-23)34(43-19-25-11-9-10-16-42(25)20-43)44-33(31)41-32(40)28(22(2)45)35(44)46/h9-16,19-21,26-27,30H,17-18H2,1-8H3,(H2-,40,41,45,46)/p+1. The highest BCUT2D eigenvalue weighted by molar-refractivity contribution is 6.30. The van der Waals surface area contributed by atoms with Crippen LogP contribution in [0.4, 0.5) is 5.82 Å². The molecule has 1 aliphatic carbocycles. The molecule has 2 unspecified atom stereocenters. The normalized spacial score (nSPS) is 21.1. The van der Waals surface area contributed by atoms with E-state index in [1.807, 2.05) is 53.5 Å². The maximum absolute atomic E-state index is 14.9. The number of nitrogens with two attached hydrogens (primary N) is 1. The zero-order chi connectivity index (χ0) is 34.9. The van der Waals surface area contributed by atoms with E-state index in [1.165, 1.54) is 11.3 Å². The monoisotopic (exact) mass is 670 g/mol. The van der Waals surface area contributed by atoms with Gasteiger partial charge in [0.25, 0.3) is 5.82 Å². The Morgan fingerprint density at radius 3 is 2.23 bits per heavy atom. The topological polar surface area (TPSA) is 115 Å². The van der Waals surface area contributed by atoms with E-state index in [4.69, 9.17) is 22.1 Å². The third kappa shape index (κ3) is 5.82. The summed E-state index contributed by atoms with van der Waals surface area (Å²) in [6, 6.07) is 12.9. The average Bonchev–Trinajstić information content (AvgIpc) is 3.55. The number of pyridine rings is 1. The zero-order valence-corrected chi connectivity index (χ0v) is 29.7. The molecule has 6 rings (SSSR count). The van der Waals surface area contributed by atoms with Crippen LogP contribution in [-0.4, -0.2) is 24.9 Å². The summed E-state index contributed by atoms with van der Waals surface area (Å²) in [6.45, 7) is 16.8. The van der Waals surface area contributed by atoms with Crippen molar-refractivity contribution < 1.29 is 19.2 Å². The summed E-state index contributed by atoms with van der Waals surface area (Å²) >= 11 is 6.34. The van der Waals surface area contributed by atoms with Crippen LogP contribution in [0.1, 0.15) is 68.2 Å². The molecule has 1 aliphatic rings. The second kappa shape index (κ2) is 11.9. The van der Waals surface area contributed by atoms with E-state index in [0.29, 0.717) is 27.9 Å². The fourth-order valence-corrected chi connectivity index (χ4v) is 7.82. The Bertz CT molecular complexity index is 2090. The summed E-state index contributed by atoms with van der Waals surface area (Å²) in [4.78, 5) is 33.8. The number of carbonyl (C=O) groups is 1. The number of ether oxygens (including phenoxy) is 1. The van der Waals surface area contributed by atoms with Crippen LogP contribution in [0, 0.1) is 34.5 Å². The van der Waals surface area contributed by atoms with Crippen molar-refractivity contribution in [3.05, 3.63) is 81.8 Å². The number of nitrogens with zero attached hydrogens (tertiary/aromatic N) is 4. The van der Waals surface area contributed by atoms with Crippen LogP contribution in [0.2, 0.25) is 5.02 Å². The maximum atomic E-state index is 14.9. The molecule has 10 heteroatoms. The third-order valence-corrected chi connectivity index (χ3v) is 10.3. The molecule has 1 saturated carbocycles. The average molecular weight is 671 g/mol. The van der Waals surface area contributed by atoms with Gasteiger partial charge in [-0.3, -0.25) is 4.79 Å².